The van der Waals surface area contributed by atoms with E-state index in [0.717, 1.165) is 56.1 Å². The number of carbonyl (C=O) groups is 1. The van der Waals surface area contributed by atoms with Crippen molar-refractivity contribution in [3.63, 3.8) is 0 Å². The number of carboxylic acids is 1. The van der Waals surface area contributed by atoms with Gasteiger partial charge in [-0.1, -0.05) is 65.8 Å². The molecule has 1 atom stereocenters. The number of nitrogens with one attached hydrogen (secondary N) is 2. The molecule has 1 unspecified atom stereocenters. The van der Waals surface area contributed by atoms with Crippen molar-refractivity contribution in [2.24, 2.45) is 12.5 Å². The molecule has 0 amide bonds. The van der Waals surface area contributed by atoms with E-state index in [0.29, 0.717) is 25.0 Å². The number of aromatic carboxylic acids is 1. The van der Waals surface area contributed by atoms with Gasteiger partial charge in [-0.2, -0.15) is 4.98 Å². The molecule has 5 aromatic rings. The fourth-order valence-electron chi connectivity index (χ4n) is 6.19. The average molecular weight is 696 g/mol. The first-order valence-corrected chi connectivity index (χ1v) is 17.7. The zero-order valence-electron chi connectivity index (χ0n) is 30.8. The van der Waals surface area contributed by atoms with Gasteiger partial charge < -0.3 is 19.7 Å². The van der Waals surface area contributed by atoms with Crippen LogP contribution < -0.4 is 14.8 Å². The van der Waals surface area contributed by atoms with Crippen molar-refractivity contribution in [1.82, 2.24) is 29.8 Å². The molecule has 0 saturated carbocycles. The standard InChI is InChI=1S/C39H49N7O3S/c1-23-13-11-14-24(2)32(23)33-25(3)35(44-37(43-33)45-50-29-16-12-15-26(17-29)36(47)48)49-22-27(19-38(4,5)6)40-20-28-21-41-30-18-31(39(7,8)9)46(10)34(30)42-28/h11-18,21,27,40H,19-20,22H2,1-10H3,(H,47,48)(H,43,44,45). The molecule has 11 heteroatoms. The lowest BCUT2D eigenvalue weighted by Gasteiger charge is -2.27. The van der Waals surface area contributed by atoms with Crippen molar-refractivity contribution in [1.29, 1.82) is 0 Å². The number of rotatable bonds is 12. The van der Waals surface area contributed by atoms with Crippen LogP contribution in [0.2, 0.25) is 0 Å². The van der Waals surface area contributed by atoms with E-state index >= 15 is 0 Å². The fraction of sp³-hybridized carbons (Fsp3) is 0.410. The number of hydrogen-bond acceptors (Lipinski definition) is 9. The number of benzene rings is 2. The third kappa shape index (κ3) is 8.81. The summed E-state index contributed by atoms with van der Waals surface area (Å²) in [6.07, 6.45) is 2.71. The maximum absolute atomic E-state index is 11.5. The summed E-state index contributed by atoms with van der Waals surface area (Å²) in [5, 5.41) is 13.1. The Hall–Kier alpha value is -4.48. The zero-order valence-corrected chi connectivity index (χ0v) is 31.6. The molecule has 3 N–H and O–H groups in total. The Morgan fingerprint density at radius 1 is 0.980 bits per heavy atom. The Morgan fingerprint density at radius 3 is 2.34 bits per heavy atom. The van der Waals surface area contributed by atoms with Crippen molar-refractivity contribution in [2.75, 3.05) is 11.3 Å². The molecule has 0 aliphatic heterocycles. The number of fused-ring (bicyclic) bond motifs is 1. The van der Waals surface area contributed by atoms with Crippen LogP contribution in [0.25, 0.3) is 22.4 Å². The fourth-order valence-corrected chi connectivity index (χ4v) is 6.82. The largest absolute Gasteiger partial charge is 0.478 e. The van der Waals surface area contributed by atoms with Gasteiger partial charge in [0.15, 0.2) is 5.65 Å². The predicted molar refractivity (Wildman–Crippen MR) is 202 cm³/mol. The molecule has 10 nitrogen and oxygen atoms in total. The van der Waals surface area contributed by atoms with Crippen molar-refractivity contribution in [3.8, 4) is 17.1 Å². The summed E-state index contributed by atoms with van der Waals surface area (Å²) in [4.78, 5) is 31.7. The van der Waals surface area contributed by atoms with Crippen molar-refractivity contribution in [2.45, 2.75) is 91.6 Å². The zero-order chi connectivity index (χ0) is 36.4. The second kappa shape index (κ2) is 14.8. The number of carboxylic acid groups (broad SMARTS) is 1. The maximum Gasteiger partial charge on any atom is 0.335 e. The smallest absolute Gasteiger partial charge is 0.335 e. The van der Waals surface area contributed by atoms with Gasteiger partial charge in [0.25, 0.3) is 0 Å². The van der Waals surface area contributed by atoms with Crippen LogP contribution in [0, 0.1) is 26.2 Å². The molecule has 2 aromatic carbocycles. The van der Waals surface area contributed by atoms with Crippen LogP contribution in [0.1, 0.15) is 86.4 Å². The summed E-state index contributed by atoms with van der Waals surface area (Å²) >= 11 is 1.25. The summed E-state index contributed by atoms with van der Waals surface area (Å²) in [5.41, 5.74) is 8.93. The van der Waals surface area contributed by atoms with E-state index in [9.17, 15) is 9.90 Å². The predicted octanol–water partition coefficient (Wildman–Crippen LogP) is 8.44. The minimum atomic E-state index is -0.979. The van der Waals surface area contributed by atoms with Gasteiger partial charge >= 0.3 is 5.97 Å². The molecule has 0 bridgehead atoms. The van der Waals surface area contributed by atoms with Gasteiger partial charge in [0, 0.05) is 46.8 Å². The molecular weight excluding hydrogens is 647 g/mol. The molecular formula is C39H49N7O3S. The number of nitrogens with zero attached hydrogens (tertiary/aromatic N) is 5. The second-order valence-corrected chi connectivity index (χ2v) is 16.1. The first-order chi connectivity index (χ1) is 23.5. The first kappa shape index (κ1) is 36.8. The first-order valence-electron chi connectivity index (χ1n) is 16.9. The summed E-state index contributed by atoms with van der Waals surface area (Å²) < 4.78 is 11.9. The number of ether oxygens (including phenoxy) is 1. The van der Waals surface area contributed by atoms with Crippen molar-refractivity contribution in [3.05, 3.63) is 88.4 Å². The van der Waals surface area contributed by atoms with Crippen molar-refractivity contribution < 1.29 is 14.6 Å². The molecule has 50 heavy (non-hydrogen) atoms. The third-order valence-corrected chi connectivity index (χ3v) is 9.34. The molecule has 0 aliphatic carbocycles. The van der Waals surface area contributed by atoms with E-state index in [-0.39, 0.29) is 22.4 Å². The lowest BCUT2D eigenvalue weighted by atomic mass is 9.88. The van der Waals surface area contributed by atoms with Gasteiger partial charge in [-0.15, -0.1) is 0 Å². The van der Waals surface area contributed by atoms with Crippen LogP contribution in [0.15, 0.2) is 59.6 Å². The van der Waals surface area contributed by atoms with E-state index < -0.39 is 5.97 Å². The number of aromatic nitrogens is 5. The molecule has 3 heterocycles. The molecule has 0 spiro atoms. The lowest BCUT2D eigenvalue weighted by molar-refractivity contribution is 0.0696. The number of anilines is 1. The van der Waals surface area contributed by atoms with Gasteiger partial charge in [-0.25, -0.2) is 14.8 Å². The van der Waals surface area contributed by atoms with E-state index in [1.165, 1.54) is 17.6 Å². The molecule has 0 saturated heterocycles. The minimum absolute atomic E-state index is 0.00593. The van der Waals surface area contributed by atoms with Crippen LogP contribution in [0.5, 0.6) is 5.88 Å². The van der Waals surface area contributed by atoms with Crippen LogP contribution >= 0.6 is 11.9 Å². The normalized spacial score (nSPS) is 12.7. The molecule has 264 valence electrons. The van der Waals surface area contributed by atoms with Crippen LogP contribution in [-0.4, -0.2) is 48.2 Å². The van der Waals surface area contributed by atoms with E-state index in [1.54, 1.807) is 18.2 Å². The van der Waals surface area contributed by atoms with E-state index in [4.69, 9.17) is 24.7 Å². The van der Waals surface area contributed by atoms with Crippen LogP contribution in [0.3, 0.4) is 0 Å². The Kier molecular flexibility index (Phi) is 10.9. The van der Waals surface area contributed by atoms with Gasteiger partial charge in [0.2, 0.25) is 11.8 Å². The van der Waals surface area contributed by atoms with Gasteiger partial charge in [0.1, 0.15) is 12.1 Å². The quantitative estimate of drug-likeness (QED) is 0.109. The van der Waals surface area contributed by atoms with Crippen molar-refractivity contribution >= 4 is 35.0 Å². The summed E-state index contributed by atoms with van der Waals surface area (Å²) in [6, 6.07) is 15.1. The van der Waals surface area contributed by atoms with E-state index in [1.807, 2.05) is 25.3 Å². The molecule has 5 rings (SSSR count). The summed E-state index contributed by atoms with van der Waals surface area (Å²) in [5.74, 6) is -0.122. The number of hydrogen-bond donors (Lipinski definition) is 3. The Labute approximate surface area is 299 Å². The highest BCUT2D eigenvalue weighted by Crippen LogP contribution is 2.34. The Bertz CT molecular complexity index is 1990. The number of aryl methyl sites for hydroxylation is 3. The third-order valence-electron chi connectivity index (χ3n) is 8.56. The van der Waals surface area contributed by atoms with Crippen LogP contribution in [0.4, 0.5) is 5.95 Å². The molecule has 3 aromatic heterocycles. The summed E-state index contributed by atoms with van der Waals surface area (Å²) in [6.45, 7) is 20.3. The highest BCUT2D eigenvalue weighted by Gasteiger charge is 2.24. The molecule has 0 aliphatic rings. The van der Waals surface area contributed by atoms with Gasteiger partial charge in [0.05, 0.1) is 23.1 Å². The lowest BCUT2D eigenvalue weighted by Crippen LogP contribution is -2.38. The second-order valence-electron chi connectivity index (χ2n) is 15.2. The maximum atomic E-state index is 11.5. The van der Waals surface area contributed by atoms with Gasteiger partial charge in [-0.05, 0) is 79.9 Å². The van der Waals surface area contributed by atoms with E-state index in [2.05, 4.69) is 95.2 Å². The SMILES string of the molecule is Cc1cccc(C)c1-c1nc(NSc2cccc(C(=O)O)c2)nc(OCC(CC(C)(C)C)NCc2cnc3cc(C(C)(C)C)n(C)c3n2)c1C. The Balaban J connectivity index is 1.41. The monoisotopic (exact) mass is 695 g/mol. The highest BCUT2D eigenvalue weighted by atomic mass is 32.2. The van der Waals surface area contributed by atoms with Gasteiger partial charge in [-0.3, -0.25) is 9.71 Å². The average Bonchev–Trinajstić information content (AvgIpc) is 3.38. The molecule has 0 radical (unpaired) electrons. The summed E-state index contributed by atoms with van der Waals surface area (Å²) in [7, 11) is 2.05. The topological polar surface area (TPSA) is 127 Å². The molecule has 0 fully saturated rings. The highest BCUT2D eigenvalue weighted by molar-refractivity contribution is 8.00. The van der Waals surface area contributed by atoms with Crippen LogP contribution in [-0.2, 0) is 19.0 Å². The minimum Gasteiger partial charge on any atom is -0.478 e. The Morgan fingerprint density at radius 2 is 1.68 bits per heavy atom.